The molecule has 2 aromatic rings. The fraction of sp³-hybridized carbons (Fsp3) is 0.231. The third kappa shape index (κ3) is 2.76. The zero-order valence-electron chi connectivity index (χ0n) is 10.4. The second-order valence-corrected chi connectivity index (χ2v) is 5.43. The van der Waals surface area contributed by atoms with Crippen LogP contribution < -0.4 is 0 Å². The minimum absolute atomic E-state index is 0.608. The zero-order chi connectivity index (χ0) is 13.1. The maximum Gasteiger partial charge on any atom is 0.196 e. The Morgan fingerprint density at radius 3 is 2.72 bits per heavy atom. The summed E-state index contributed by atoms with van der Waals surface area (Å²) in [4.78, 5) is 0. The van der Waals surface area contributed by atoms with Gasteiger partial charge in [0.2, 0.25) is 0 Å². The molecular weight excluding hydrogens is 266 g/mol. The summed E-state index contributed by atoms with van der Waals surface area (Å²) in [6.45, 7) is 7.70. The molecule has 0 aliphatic heterocycles. The van der Waals surface area contributed by atoms with E-state index in [1.165, 1.54) is 17.3 Å². The third-order valence-electron chi connectivity index (χ3n) is 2.51. The van der Waals surface area contributed by atoms with E-state index in [4.69, 9.17) is 11.6 Å². The molecule has 0 unspecified atom stereocenters. The number of halogens is 1. The van der Waals surface area contributed by atoms with Crippen LogP contribution in [0.25, 0.3) is 5.69 Å². The molecule has 3 nitrogen and oxygen atoms in total. The Balaban J connectivity index is 2.41. The van der Waals surface area contributed by atoms with E-state index in [0.717, 1.165) is 16.7 Å². The van der Waals surface area contributed by atoms with Gasteiger partial charge in [0.1, 0.15) is 5.82 Å². The summed E-state index contributed by atoms with van der Waals surface area (Å²) < 4.78 is 2.04. The van der Waals surface area contributed by atoms with Gasteiger partial charge in [-0.3, -0.25) is 4.57 Å². The highest BCUT2D eigenvalue weighted by atomic mass is 35.5. The first-order valence-corrected chi connectivity index (χ1v) is 6.90. The van der Waals surface area contributed by atoms with Gasteiger partial charge >= 0.3 is 0 Å². The van der Waals surface area contributed by atoms with Gasteiger partial charge in [-0.15, -0.1) is 10.2 Å². The summed E-state index contributed by atoms with van der Waals surface area (Å²) in [6.07, 6.45) is 0. The van der Waals surface area contributed by atoms with E-state index < -0.39 is 0 Å². The zero-order valence-corrected chi connectivity index (χ0v) is 11.9. The molecule has 0 aliphatic carbocycles. The monoisotopic (exact) mass is 279 g/mol. The number of rotatable bonds is 4. The van der Waals surface area contributed by atoms with Crippen LogP contribution in [-0.2, 0) is 0 Å². The maximum absolute atomic E-state index is 5.79. The van der Waals surface area contributed by atoms with E-state index in [2.05, 4.69) is 35.8 Å². The van der Waals surface area contributed by atoms with Crippen molar-refractivity contribution in [1.82, 2.24) is 14.8 Å². The molecule has 0 amide bonds. The second kappa shape index (κ2) is 5.59. The van der Waals surface area contributed by atoms with Crippen LogP contribution in [0.2, 0.25) is 0 Å². The number of hydrogen-bond donors (Lipinski definition) is 0. The Kier molecular flexibility index (Phi) is 4.09. The van der Waals surface area contributed by atoms with Gasteiger partial charge in [-0.25, -0.2) is 0 Å². The summed E-state index contributed by atoms with van der Waals surface area (Å²) in [7, 11) is 0. The number of para-hydroxylation sites is 1. The minimum Gasteiger partial charge on any atom is -0.274 e. The van der Waals surface area contributed by atoms with Crippen molar-refractivity contribution in [2.45, 2.75) is 19.0 Å². The molecule has 94 valence electrons. The number of nitrogens with zero attached hydrogens (tertiary/aromatic N) is 3. The Labute approximate surface area is 116 Å². The third-order valence-corrected chi connectivity index (χ3v) is 3.82. The van der Waals surface area contributed by atoms with Gasteiger partial charge in [-0.1, -0.05) is 48.1 Å². The van der Waals surface area contributed by atoms with Crippen molar-refractivity contribution in [3.8, 4) is 5.69 Å². The molecule has 5 heteroatoms. The number of benzene rings is 1. The van der Waals surface area contributed by atoms with Crippen LogP contribution in [0.5, 0.6) is 0 Å². The minimum atomic E-state index is 0.608. The smallest absolute Gasteiger partial charge is 0.196 e. The van der Waals surface area contributed by atoms with E-state index in [1.54, 1.807) is 0 Å². The van der Waals surface area contributed by atoms with Gasteiger partial charge in [0.15, 0.2) is 5.16 Å². The average Bonchev–Trinajstić information content (AvgIpc) is 2.69. The van der Waals surface area contributed by atoms with Crippen molar-refractivity contribution in [2.24, 2.45) is 0 Å². The highest BCUT2D eigenvalue weighted by Gasteiger charge is 2.12. The summed E-state index contributed by atoms with van der Waals surface area (Å²) in [5, 5.41) is 9.76. The fourth-order valence-electron chi connectivity index (χ4n) is 1.67. The molecule has 0 atom stereocenters. The lowest BCUT2D eigenvalue weighted by Gasteiger charge is -2.10. The van der Waals surface area contributed by atoms with Gasteiger partial charge in [0.25, 0.3) is 0 Å². The Morgan fingerprint density at radius 1 is 1.33 bits per heavy atom. The molecule has 0 saturated carbocycles. The first-order chi connectivity index (χ1) is 8.59. The Bertz CT molecular complexity index is 577. The van der Waals surface area contributed by atoms with E-state index in [1.807, 2.05) is 23.6 Å². The van der Waals surface area contributed by atoms with Crippen LogP contribution in [0.3, 0.4) is 0 Å². The number of hydrogen-bond acceptors (Lipinski definition) is 3. The van der Waals surface area contributed by atoms with Crippen molar-refractivity contribution in [1.29, 1.82) is 0 Å². The molecule has 0 fully saturated rings. The number of aryl methyl sites for hydroxylation is 2. The molecule has 1 aromatic carbocycles. The molecule has 0 aliphatic rings. The molecular formula is C13H14ClN3S. The van der Waals surface area contributed by atoms with Crippen molar-refractivity contribution in [3.05, 3.63) is 47.3 Å². The van der Waals surface area contributed by atoms with Crippen molar-refractivity contribution in [2.75, 3.05) is 5.75 Å². The molecule has 0 radical (unpaired) electrons. The van der Waals surface area contributed by atoms with Gasteiger partial charge in [0.05, 0.1) is 5.69 Å². The molecule has 2 rings (SSSR count). The summed E-state index contributed by atoms with van der Waals surface area (Å²) in [6, 6.07) is 8.16. The Hall–Kier alpha value is -1.26. The molecule has 1 heterocycles. The molecule has 18 heavy (non-hydrogen) atoms. The van der Waals surface area contributed by atoms with E-state index in [-0.39, 0.29) is 0 Å². The largest absolute Gasteiger partial charge is 0.274 e. The van der Waals surface area contributed by atoms with Crippen LogP contribution in [-0.4, -0.2) is 20.5 Å². The molecule has 0 N–H and O–H groups in total. The van der Waals surface area contributed by atoms with Crippen LogP contribution >= 0.6 is 23.4 Å². The van der Waals surface area contributed by atoms with Gasteiger partial charge in [-0.05, 0) is 25.5 Å². The fourth-order valence-corrected chi connectivity index (χ4v) is 2.58. The highest BCUT2D eigenvalue weighted by molar-refractivity contribution is 7.99. The summed E-state index contributed by atoms with van der Waals surface area (Å²) in [5.74, 6) is 1.50. The van der Waals surface area contributed by atoms with E-state index in [9.17, 15) is 0 Å². The van der Waals surface area contributed by atoms with E-state index in [0.29, 0.717) is 10.8 Å². The molecule has 0 spiro atoms. The van der Waals surface area contributed by atoms with Gasteiger partial charge < -0.3 is 0 Å². The van der Waals surface area contributed by atoms with Gasteiger partial charge in [-0.2, -0.15) is 0 Å². The van der Waals surface area contributed by atoms with Crippen molar-refractivity contribution in [3.63, 3.8) is 0 Å². The lowest BCUT2D eigenvalue weighted by atomic mass is 10.2. The summed E-state index contributed by atoms with van der Waals surface area (Å²) >= 11 is 7.33. The van der Waals surface area contributed by atoms with Crippen LogP contribution in [0.15, 0.2) is 41.0 Å². The van der Waals surface area contributed by atoms with Crippen LogP contribution in [0.1, 0.15) is 11.4 Å². The number of aromatic nitrogens is 3. The second-order valence-electron chi connectivity index (χ2n) is 3.96. The SMILES string of the molecule is C=C(Cl)CSc1nnc(C)n1-c1ccccc1C. The van der Waals surface area contributed by atoms with Crippen molar-refractivity contribution >= 4 is 23.4 Å². The topological polar surface area (TPSA) is 30.7 Å². The first kappa shape index (κ1) is 13.2. The lowest BCUT2D eigenvalue weighted by Crippen LogP contribution is -2.01. The van der Waals surface area contributed by atoms with Gasteiger partial charge in [0, 0.05) is 10.8 Å². The van der Waals surface area contributed by atoms with Crippen LogP contribution in [0.4, 0.5) is 0 Å². The molecule has 1 aromatic heterocycles. The van der Waals surface area contributed by atoms with Crippen molar-refractivity contribution < 1.29 is 0 Å². The predicted molar refractivity (Wildman–Crippen MR) is 76.6 cm³/mol. The lowest BCUT2D eigenvalue weighted by molar-refractivity contribution is 0.863. The number of thioether (sulfide) groups is 1. The average molecular weight is 280 g/mol. The normalized spacial score (nSPS) is 10.6. The predicted octanol–water partition coefficient (Wildman–Crippen LogP) is 3.73. The molecule has 0 saturated heterocycles. The maximum atomic E-state index is 5.79. The van der Waals surface area contributed by atoms with E-state index >= 15 is 0 Å². The standard InChI is InChI=1S/C13H14ClN3S/c1-9-6-4-5-7-12(9)17-11(3)15-16-13(17)18-8-10(2)14/h4-7H,2,8H2,1,3H3. The summed E-state index contributed by atoms with van der Waals surface area (Å²) in [5.41, 5.74) is 2.29. The van der Waals surface area contributed by atoms with Crippen LogP contribution in [0, 0.1) is 13.8 Å². The first-order valence-electron chi connectivity index (χ1n) is 5.53. The molecule has 0 bridgehead atoms. The highest BCUT2D eigenvalue weighted by Crippen LogP contribution is 2.25. The Morgan fingerprint density at radius 2 is 2.06 bits per heavy atom. The quantitative estimate of drug-likeness (QED) is 0.799.